The van der Waals surface area contributed by atoms with Gasteiger partial charge in [-0.3, -0.25) is 0 Å². The molecule has 60 valence electrons. The standard InChI is InChI=1S/C7H8BrNOS/c8-7-9-4-2-1-3-5(10)6(4)11-7/h5,10H,1-3H2. The van der Waals surface area contributed by atoms with E-state index in [2.05, 4.69) is 20.9 Å². The van der Waals surface area contributed by atoms with Gasteiger partial charge in [0.2, 0.25) is 0 Å². The van der Waals surface area contributed by atoms with Crippen molar-refractivity contribution in [3.8, 4) is 0 Å². The van der Waals surface area contributed by atoms with Crippen molar-refractivity contribution in [1.29, 1.82) is 0 Å². The predicted molar refractivity (Wildman–Crippen MR) is 47.7 cm³/mol. The van der Waals surface area contributed by atoms with Crippen LogP contribution in [0.5, 0.6) is 0 Å². The monoisotopic (exact) mass is 233 g/mol. The van der Waals surface area contributed by atoms with Crippen LogP contribution in [0.3, 0.4) is 0 Å². The number of aryl methyl sites for hydroxylation is 1. The quantitative estimate of drug-likeness (QED) is 0.746. The summed E-state index contributed by atoms with van der Waals surface area (Å²) in [6, 6.07) is 0. The van der Waals surface area contributed by atoms with Crippen LogP contribution >= 0.6 is 27.3 Å². The maximum atomic E-state index is 9.52. The van der Waals surface area contributed by atoms with Crippen molar-refractivity contribution >= 4 is 27.3 Å². The zero-order valence-electron chi connectivity index (χ0n) is 5.88. The molecule has 1 N–H and O–H groups in total. The number of fused-ring (bicyclic) bond motifs is 1. The van der Waals surface area contributed by atoms with Crippen LogP contribution in [0, 0.1) is 0 Å². The summed E-state index contributed by atoms with van der Waals surface area (Å²) in [5.41, 5.74) is 1.08. The van der Waals surface area contributed by atoms with Gasteiger partial charge in [0.25, 0.3) is 0 Å². The second-order valence-corrected chi connectivity index (χ2v) is 4.99. The molecule has 11 heavy (non-hydrogen) atoms. The Hall–Kier alpha value is 0.0700. The molecule has 1 aliphatic carbocycles. The Morgan fingerprint density at radius 1 is 1.64 bits per heavy atom. The van der Waals surface area contributed by atoms with E-state index in [1.54, 1.807) is 11.3 Å². The first-order chi connectivity index (χ1) is 5.27. The normalized spacial score (nSPS) is 23.3. The van der Waals surface area contributed by atoms with Gasteiger partial charge in [-0.25, -0.2) is 4.98 Å². The van der Waals surface area contributed by atoms with Gasteiger partial charge in [0.1, 0.15) is 0 Å². The summed E-state index contributed by atoms with van der Waals surface area (Å²) in [6.07, 6.45) is 2.71. The Morgan fingerprint density at radius 3 is 3.18 bits per heavy atom. The summed E-state index contributed by atoms with van der Waals surface area (Å²) in [6.45, 7) is 0. The molecule has 1 aliphatic rings. The Bertz CT molecular complexity index is 273. The van der Waals surface area contributed by atoms with Crippen molar-refractivity contribution in [3.63, 3.8) is 0 Å². The molecule has 0 bridgehead atoms. The van der Waals surface area contributed by atoms with Crippen LogP contribution in [0.15, 0.2) is 3.92 Å². The summed E-state index contributed by atoms with van der Waals surface area (Å²) in [5.74, 6) is 0. The third-order valence-electron chi connectivity index (χ3n) is 1.90. The predicted octanol–water partition coefficient (Wildman–Crippen LogP) is 2.28. The fourth-order valence-electron chi connectivity index (χ4n) is 1.37. The highest BCUT2D eigenvalue weighted by atomic mass is 79.9. The van der Waals surface area contributed by atoms with Gasteiger partial charge in [-0.2, -0.15) is 0 Å². The van der Waals surface area contributed by atoms with Crippen molar-refractivity contribution in [3.05, 3.63) is 14.5 Å². The third kappa shape index (κ3) is 1.35. The Labute approximate surface area is 77.4 Å². The number of rotatable bonds is 0. The summed E-state index contributed by atoms with van der Waals surface area (Å²) in [4.78, 5) is 5.34. The van der Waals surface area contributed by atoms with Gasteiger partial charge in [0.15, 0.2) is 3.92 Å². The average molecular weight is 234 g/mol. The van der Waals surface area contributed by atoms with E-state index in [1.807, 2.05) is 0 Å². The third-order valence-corrected chi connectivity index (χ3v) is 3.55. The number of nitrogens with zero attached hydrogens (tertiary/aromatic N) is 1. The van der Waals surface area contributed by atoms with Gasteiger partial charge in [-0.1, -0.05) is 0 Å². The minimum Gasteiger partial charge on any atom is -0.388 e. The second kappa shape index (κ2) is 2.84. The zero-order valence-corrected chi connectivity index (χ0v) is 8.28. The van der Waals surface area contributed by atoms with Crippen LogP contribution in [0.2, 0.25) is 0 Å². The molecule has 2 rings (SSSR count). The molecule has 1 unspecified atom stereocenters. The van der Waals surface area contributed by atoms with Crippen LogP contribution in [-0.4, -0.2) is 10.1 Å². The van der Waals surface area contributed by atoms with Crippen LogP contribution in [0.25, 0.3) is 0 Å². The lowest BCUT2D eigenvalue weighted by Gasteiger charge is -2.14. The van der Waals surface area contributed by atoms with Gasteiger partial charge >= 0.3 is 0 Å². The molecule has 0 saturated heterocycles. The van der Waals surface area contributed by atoms with E-state index in [9.17, 15) is 5.11 Å². The van der Waals surface area contributed by atoms with Crippen molar-refractivity contribution in [1.82, 2.24) is 4.98 Å². The van der Waals surface area contributed by atoms with Crippen molar-refractivity contribution < 1.29 is 5.11 Å². The first-order valence-electron chi connectivity index (χ1n) is 3.60. The van der Waals surface area contributed by atoms with Gasteiger partial charge < -0.3 is 5.11 Å². The van der Waals surface area contributed by atoms with E-state index in [0.717, 1.165) is 33.8 Å². The van der Waals surface area contributed by atoms with Crippen molar-refractivity contribution in [2.24, 2.45) is 0 Å². The molecular weight excluding hydrogens is 226 g/mol. The largest absolute Gasteiger partial charge is 0.388 e. The molecule has 1 heterocycles. The lowest BCUT2D eigenvalue weighted by atomic mass is 10.0. The van der Waals surface area contributed by atoms with Gasteiger partial charge in [-0.05, 0) is 35.2 Å². The second-order valence-electron chi connectivity index (χ2n) is 2.69. The Kier molecular flexibility index (Phi) is 1.99. The van der Waals surface area contributed by atoms with Crippen LogP contribution < -0.4 is 0 Å². The van der Waals surface area contributed by atoms with E-state index in [1.165, 1.54) is 0 Å². The number of aliphatic hydroxyl groups is 1. The number of aromatic nitrogens is 1. The molecule has 1 aromatic heterocycles. The highest BCUT2D eigenvalue weighted by molar-refractivity contribution is 9.11. The molecule has 2 nitrogen and oxygen atoms in total. The van der Waals surface area contributed by atoms with Crippen molar-refractivity contribution in [2.75, 3.05) is 0 Å². The number of aliphatic hydroxyl groups excluding tert-OH is 1. The molecule has 1 aromatic rings. The first-order valence-corrected chi connectivity index (χ1v) is 5.21. The summed E-state index contributed by atoms with van der Waals surface area (Å²) < 4.78 is 0.892. The number of thiazole rings is 1. The molecule has 0 saturated carbocycles. The molecule has 4 heteroatoms. The molecule has 0 amide bonds. The lowest BCUT2D eigenvalue weighted by Crippen LogP contribution is -2.06. The molecular formula is C7H8BrNOS. The van der Waals surface area contributed by atoms with E-state index in [-0.39, 0.29) is 6.10 Å². The average Bonchev–Trinajstić information content (AvgIpc) is 2.31. The van der Waals surface area contributed by atoms with Gasteiger partial charge in [0.05, 0.1) is 16.7 Å². The van der Waals surface area contributed by atoms with Crippen LogP contribution in [0.4, 0.5) is 0 Å². The maximum Gasteiger partial charge on any atom is 0.159 e. The Balaban J connectivity index is 2.43. The molecule has 0 aromatic carbocycles. The molecule has 0 spiro atoms. The lowest BCUT2D eigenvalue weighted by molar-refractivity contribution is 0.160. The number of halogens is 1. The van der Waals surface area contributed by atoms with Gasteiger partial charge in [-0.15, -0.1) is 11.3 Å². The topological polar surface area (TPSA) is 33.1 Å². The minimum atomic E-state index is -0.262. The van der Waals surface area contributed by atoms with E-state index < -0.39 is 0 Å². The fraction of sp³-hybridized carbons (Fsp3) is 0.571. The number of hydrogen-bond acceptors (Lipinski definition) is 3. The SMILES string of the molecule is OC1CCCc2nc(Br)sc21. The highest BCUT2D eigenvalue weighted by Crippen LogP contribution is 2.35. The summed E-state index contributed by atoms with van der Waals surface area (Å²) in [5, 5.41) is 9.52. The fourth-order valence-corrected chi connectivity index (χ4v) is 2.96. The Morgan fingerprint density at radius 2 is 2.45 bits per heavy atom. The minimum absolute atomic E-state index is 0.262. The molecule has 0 fully saturated rings. The van der Waals surface area contributed by atoms with E-state index in [4.69, 9.17) is 0 Å². The first kappa shape index (κ1) is 7.71. The van der Waals surface area contributed by atoms with Crippen LogP contribution in [0.1, 0.15) is 29.5 Å². The van der Waals surface area contributed by atoms with Crippen LogP contribution in [-0.2, 0) is 6.42 Å². The summed E-state index contributed by atoms with van der Waals surface area (Å²) in [7, 11) is 0. The van der Waals surface area contributed by atoms with E-state index in [0.29, 0.717) is 0 Å². The van der Waals surface area contributed by atoms with Crippen molar-refractivity contribution in [2.45, 2.75) is 25.4 Å². The smallest absolute Gasteiger partial charge is 0.159 e. The zero-order chi connectivity index (χ0) is 7.84. The number of hydrogen-bond donors (Lipinski definition) is 1. The molecule has 1 atom stereocenters. The molecule has 0 radical (unpaired) electrons. The maximum absolute atomic E-state index is 9.52. The van der Waals surface area contributed by atoms with Gasteiger partial charge in [0, 0.05) is 0 Å². The molecule has 0 aliphatic heterocycles. The summed E-state index contributed by atoms with van der Waals surface area (Å²) >= 11 is 4.87. The van der Waals surface area contributed by atoms with E-state index >= 15 is 0 Å². The highest BCUT2D eigenvalue weighted by Gasteiger charge is 2.21.